The van der Waals surface area contributed by atoms with Gasteiger partial charge in [-0.05, 0) is 75.7 Å². The Hall–Kier alpha value is -7.08. The molecule has 0 atom stereocenters. The number of benzene rings is 7. The van der Waals surface area contributed by atoms with Crippen LogP contribution in [0.15, 0.2) is 208 Å². The van der Waals surface area contributed by atoms with Gasteiger partial charge >= 0.3 is 0 Å². The second kappa shape index (κ2) is 24.1. The van der Waals surface area contributed by atoms with Crippen LogP contribution in [0.4, 0.5) is 0 Å². The topological polar surface area (TPSA) is 61.7 Å². The van der Waals surface area contributed by atoms with Crippen LogP contribution < -0.4 is 5.73 Å². The normalized spacial score (nSPS) is 9.98. The van der Waals surface area contributed by atoms with Gasteiger partial charge in [0.1, 0.15) is 11.6 Å². The van der Waals surface area contributed by atoms with Gasteiger partial charge in [-0.2, -0.15) is 0 Å². The zero-order valence-corrected chi connectivity index (χ0v) is 37.0. The van der Waals surface area contributed by atoms with Crippen molar-refractivity contribution in [3.63, 3.8) is 0 Å². The van der Waals surface area contributed by atoms with Gasteiger partial charge in [-0.3, -0.25) is 4.57 Å². The maximum atomic E-state index is 5.09. The summed E-state index contributed by atoms with van der Waals surface area (Å²) in [5.41, 5.74) is 18.2. The molecule has 0 bridgehead atoms. The highest BCUT2D eigenvalue weighted by Crippen LogP contribution is 2.40. The van der Waals surface area contributed by atoms with Crippen molar-refractivity contribution in [3.8, 4) is 50.7 Å². The SMILES string of the molecule is C=C.C=CC.CC.CN.Cc1ccc2c(c1)nc(-c1ccccc1)n2C(C)C.c1ccc(-c2cccc(-c3ccccc3)c2-n2c(-c3ccccc3)nc3ccccc32)cc1. The van der Waals surface area contributed by atoms with Gasteiger partial charge < -0.3 is 10.3 Å². The lowest BCUT2D eigenvalue weighted by molar-refractivity contribution is 0.624. The van der Waals surface area contributed by atoms with Crippen molar-refractivity contribution >= 4 is 22.1 Å². The van der Waals surface area contributed by atoms with E-state index >= 15 is 0 Å². The van der Waals surface area contributed by atoms with E-state index in [1.54, 1.807) is 6.08 Å². The molecule has 9 rings (SSSR count). The molecule has 61 heavy (non-hydrogen) atoms. The van der Waals surface area contributed by atoms with Crippen LogP contribution in [-0.4, -0.2) is 26.1 Å². The average Bonchev–Trinajstić information content (AvgIpc) is 3.91. The number of hydrogen-bond donors (Lipinski definition) is 1. The smallest absolute Gasteiger partial charge is 0.145 e. The Bertz CT molecular complexity index is 2600. The number of para-hydroxylation sites is 3. The third-order valence-electron chi connectivity index (χ3n) is 9.42. The first kappa shape index (κ1) is 46.6. The number of aryl methyl sites for hydroxylation is 1. The van der Waals surface area contributed by atoms with E-state index in [-0.39, 0.29) is 0 Å². The Morgan fingerprint density at radius 2 is 0.918 bits per heavy atom. The van der Waals surface area contributed by atoms with Gasteiger partial charge in [0.05, 0.1) is 27.8 Å². The summed E-state index contributed by atoms with van der Waals surface area (Å²) in [4.78, 5) is 9.92. The maximum absolute atomic E-state index is 5.09. The number of fused-ring (bicyclic) bond motifs is 2. The largest absolute Gasteiger partial charge is 0.333 e. The first-order valence-corrected chi connectivity index (χ1v) is 20.9. The third-order valence-corrected chi connectivity index (χ3v) is 9.42. The minimum absolute atomic E-state index is 0.392. The molecule has 0 unspecified atom stereocenters. The standard InChI is InChI=1S/C31H22N2.C17H18N2.C3H6.C2H6.C2H4.CH5N/c1-4-13-23(14-5-1)26-19-12-20-27(24-15-6-2-7-16-24)30(26)33-29-22-11-10-21-28(29)32-31(33)25-17-8-3-9-18-25;1-12(2)19-16-10-9-13(3)11-15(16)18-17(19)14-7-5-4-6-8-14;1-3-2;3*1-2/h1-22H;4-12H,1-3H3;3H,1H2,2H3;1-2H3;1-2H2;2H2,1H3. The minimum Gasteiger partial charge on any atom is -0.333 e. The molecule has 9 aromatic rings. The van der Waals surface area contributed by atoms with Crippen molar-refractivity contribution in [1.29, 1.82) is 0 Å². The molecule has 0 amide bonds. The Labute approximate surface area is 364 Å². The second-order valence-corrected chi connectivity index (χ2v) is 13.7. The van der Waals surface area contributed by atoms with E-state index in [1.165, 1.54) is 45.9 Å². The number of imidazole rings is 2. The maximum Gasteiger partial charge on any atom is 0.145 e. The van der Waals surface area contributed by atoms with E-state index in [1.807, 2.05) is 32.9 Å². The van der Waals surface area contributed by atoms with E-state index in [0.717, 1.165) is 39.4 Å². The molecule has 0 aliphatic carbocycles. The Morgan fingerprint density at radius 3 is 1.39 bits per heavy atom. The van der Waals surface area contributed by atoms with Gasteiger partial charge in [0, 0.05) is 28.3 Å². The summed E-state index contributed by atoms with van der Waals surface area (Å²) in [7, 11) is 1.50. The van der Waals surface area contributed by atoms with Crippen LogP contribution in [0.1, 0.15) is 46.2 Å². The summed E-state index contributed by atoms with van der Waals surface area (Å²) in [6, 6.07) is 63.9. The van der Waals surface area contributed by atoms with Crippen molar-refractivity contribution in [2.75, 3.05) is 7.05 Å². The highest BCUT2D eigenvalue weighted by Gasteiger charge is 2.21. The van der Waals surface area contributed by atoms with Crippen molar-refractivity contribution in [2.24, 2.45) is 5.73 Å². The quantitative estimate of drug-likeness (QED) is 0.170. The monoisotopic (exact) mass is 803 g/mol. The molecule has 5 heteroatoms. The van der Waals surface area contributed by atoms with Gasteiger partial charge in [-0.1, -0.05) is 178 Å². The van der Waals surface area contributed by atoms with Crippen LogP contribution >= 0.6 is 0 Å². The molecule has 0 saturated heterocycles. The molecule has 2 heterocycles. The minimum atomic E-state index is 0.392. The molecule has 310 valence electrons. The molecule has 5 nitrogen and oxygen atoms in total. The van der Waals surface area contributed by atoms with Crippen LogP contribution in [0.5, 0.6) is 0 Å². The molecular formula is C56H61N5. The average molecular weight is 804 g/mol. The van der Waals surface area contributed by atoms with Crippen LogP contribution in [-0.2, 0) is 0 Å². The highest BCUT2D eigenvalue weighted by atomic mass is 15.1. The van der Waals surface area contributed by atoms with Gasteiger partial charge in [-0.25, -0.2) is 9.97 Å². The summed E-state index contributed by atoms with van der Waals surface area (Å²) in [5.74, 6) is 1.99. The predicted molar refractivity (Wildman–Crippen MR) is 266 cm³/mol. The van der Waals surface area contributed by atoms with Crippen LogP contribution in [0.2, 0.25) is 0 Å². The molecule has 0 radical (unpaired) electrons. The summed E-state index contributed by atoms with van der Waals surface area (Å²) in [5, 5.41) is 0. The summed E-state index contributed by atoms with van der Waals surface area (Å²) >= 11 is 0. The van der Waals surface area contributed by atoms with Crippen molar-refractivity contribution < 1.29 is 0 Å². The lowest BCUT2D eigenvalue weighted by atomic mass is 9.95. The van der Waals surface area contributed by atoms with E-state index in [2.05, 4.69) is 225 Å². The van der Waals surface area contributed by atoms with Gasteiger partial charge in [0.2, 0.25) is 0 Å². The van der Waals surface area contributed by atoms with E-state index in [9.17, 15) is 0 Å². The summed E-state index contributed by atoms with van der Waals surface area (Å²) in [6.45, 7) is 21.8. The van der Waals surface area contributed by atoms with Crippen molar-refractivity contribution in [2.45, 2.75) is 47.6 Å². The lowest BCUT2D eigenvalue weighted by Crippen LogP contribution is -2.03. The summed E-state index contributed by atoms with van der Waals surface area (Å²) in [6.07, 6.45) is 1.75. The number of hydrogen-bond acceptors (Lipinski definition) is 3. The third kappa shape index (κ3) is 11.2. The number of allylic oxidation sites excluding steroid dienone is 1. The van der Waals surface area contributed by atoms with Crippen molar-refractivity contribution in [3.05, 3.63) is 213 Å². The molecule has 7 aromatic carbocycles. The Kier molecular flexibility index (Phi) is 18.4. The fourth-order valence-corrected chi connectivity index (χ4v) is 7.04. The Morgan fingerprint density at radius 1 is 0.508 bits per heavy atom. The number of rotatable bonds is 6. The fraction of sp³-hybridized carbons (Fsp3) is 0.143. The molecule has 0 aliphatic heterocycles. The zero-order valence-electron chi connectivity index (χ0n) is 37.0. The molecule has 0 spiro atoms. The Balaban J connectivity index is 0.000000249. The molecular weight excluding hydrogens is 743 g/mol. The lowest BCUT2D eigenvalue weighted by Gasteiger charge is -2.19. The van der Waals surface area contributed by atoms with Crippen molar-refractivity contribution in [1.82, 2.24) is 19.1 Å². The molecule has 0 aliphatic rings. The number of nitrogens with two attached hydrogens (primary N) is 1. The summed E-state index contributed by atoms with van der Waals surface area (Å²) < 4.78 is 4.64. The van der Waals surface area contributed by atoms with E-state index in [0.29, 0.717) is 6.04 Å². The second-order valence-electron chi connectivity index (χ2n) is 13.7. The highest BCUT2D eigenvalue weighted by molar-refractivity contribution is 5.92. The van der Waals surface area contributed by atoms with Gasteiger partial charge in [0.25, 0.3) is 0 Å². The van der Waals surface area contributed by atoms with Gasteiger partial charge in [-0.15, -0.1) is 19.7 Å². The molecule has 0 fully saturated rings. The van der Waals surface area contributed by atoms with Crippen LogP contribution in [0, 0.1) is 6.92 Å². The number of nitrogens with zero attached hydrogens (tertiary/aromatic N) is 4. The first-order valence-electron chi connectivity index (χ1n) is 20.9. The fourth-order valence-electron chi connectivity index (χ4n) is 7.04. The van der Waals surface area contributed by atoms with Gasteiger partial charge in [0.15, 0.2) is 0 Å². The first-order chi connectivity index (χ1) is 30.0. The van der Waals surface area contributed by atoms with Crippen LogP contribution in [0.3, 0.4) is 0 Å². The zero-order chi connectivity index (χ0) is 44.1. The van der Waals surface area contributed by atoms with E-state index in [4.69, 9.17) is 9.97 Å². The molecule has 2 aromatic heterocycles. The number of aromatic nitrogens is 4. The van der Waals surface area contributed by atoms with E-state index < -0.39 is 0 Å². The molecule has 2 N–H and O–H groups in total. The van der Waals surface area contributed by atoms with Crippen LogP contribution in [0.25, 0.3) is 72.8 Å². The molecule has 0 saturated carbocycles. The predicted octanol–water partition coefficient (Wildman–Crippen LogP) is 15.2.